The number of fused-ring (bicyclic) bond motifs is 1. The van der Waals surface area contributed by atoms with Gasteiger partial charge in [-0.3, -0.25) is 0 Å². The third-order valence-corrected chi connectivity index (χ3v) is 8.88. The summed E-state index contributed by atoms with van der Waals surface area (Å²) in [6, 6.07) is 13.0. The Kier molecular flexibility index (Phi) is 7.02. The van der Waals surface area contributed by atoms with Crippen LogP contribution < -0.4 is 9.64 Å². The molecule has 4 rings (SSSR count). The van der Waals surface area contributed by atoms with Crippen molar-refractivity contribution in [2.75, 3.05) is 24.7 Å². The second-order valence-electron chi connectivity index (χ2n) is 8.37. The minimum Gasteiger partial charge on any atom is -0.478 e. The van der Waals surface area contributed by atoms with E-state index in [9.17, 15) is 13.2 Å². The predicted octanol–water partition coefficient (Wildman–Crippen LogP) is 4.72. The first-order valence-electron chi connectivity index (χ1n) is 10.9. The average molecular weight is 489 g/mol. The number of ether oxygens (including phenoxy) is 1. The number of anilines is 2. The van der Waals surface area contributed by atoms with Crippen molar-refractivity contribution in [1.29, 1.82) is 0 Å². The molecule has 0 amide bonds. The normalized spacial score (nSPS) is 20.4. The Morgan fingerprint density at radius 3 is 2.58 bits per heavy atom. The molecule has 1 aliphatic carbocycles. The molecule has 1 N–H and O–H groups in total. The van der Waals surface area contributed by atoms with Crippen molar-refractivity contribution in [3.05, 3.63) is 54.8 Å². The second kappa shape index (κ2) is 9.79. The summed E-state index contributed by atoms with van der Waals surface area (Å²) in [6.07, 6.45) is 8.09. The van der Waals surface area contributed by atoms with Gasteiger partial charge in [-0.1, -0.05) is 31.0 Å². The average Bonchev–Trinajstić information content (AvgIpc) is 3.63. The van der Waals surface area contributed by atoms with Crippen molar-refractivity contribution in [2.45, 2.75) is 41.5 Å². The van der Waals surface area contributed by atoms with Crippen LogP contribution in [0.25, 0.3) is 0 Å². The van der Waals surface area contributed by atoms with Gasteiger partial charge in [-0.15, -0.1) is 11.8 Å². The first-order valence-corrected chi connectivity index (χ1v) is 13.6. The van der Waals surface area contributed by atoms with Crippen LogP contribution in [0.15, 0.2) is 64.6 Å². The lowest BCUT2D eigenvalue weighted by Gasteiger charge is -2.29. The summed E-state index contributed by atoms with van der Waals surface area (Å²) in [6.45, 7) is 0.548. The minimum absolute atomic E-state index is 0.152. The molecule has 0 saturated heterocycles. The SMILES string of the molecule is CSc1cc2c(cc1O/C=C/C(=O)O)S(=O)(=O)N(C)C(CCC1CC1)CN2c1ccccc1. The van der Waals surface area contributed by atoms with E-state index in [4.69, 9.17) is 9.84 Å². The van der Waals surface area contributed by atoms with Gasteiger partial charge in [0.15, 0.2) is 0 Å². The Morgan fingerprint density at radius 2 is 1.94 bits per heavy atom. The number of carboxylic acid groups (broad SMARTS) is 1. The number of hydrogen-bond donors (Lipinski definition) is 1. The molecule has 1 atom stereocenters. The molecule has 1 fully saturated rings. The van der Waals surface area contributed by atoms with Gasteiger partial charge in [0, 0.05) is 31.4 Å². The molecule has 0 aromatic heterocycles. The number of aliphatic carboxylic acids is 1. The van der Waals surface area contributed by atoms with Crippen molar-refractivity contribution in [3.63, 3.8) is 0 Å². The van der Waals surface area contributed by atoms with E-state index < -0.39 is 16.0 Å². The van der Waals surface area contributed by atoms with Gasteiger partial charge in [-0.05, 0) is 43.2 Å². The fourth-order valence-electron chi connectivity index (χ4n) is 4.10. The Hall–Kier alpha value is -2.49. The maximum atomic E-state index is 13.7. The fraction of sp³-hybridized carbons (Fsp3) is 0.375. The first-order chi connectivity index (χ1) is 15.8. The number of hydrogen-bond acceptors (Lipinski definition) is 6. The van der Waals surface area contributed by atoms with Gasteiger partial charge in [0.1, 0.15) is 10.6 Å². The highest BCUT2D eigenvalue weighted by Crippen LogP contribution is 2.44. The van der Waals surface area contributed by atoms with E-state index in [0.29, 0.717) is 23.9 Å². The van der Waals surface area contributed by atoms with Crippen molar-refractivity contribution in [1.82, 2.24) is 4.31 Å². The molecular weight excluding hydrogens is 460 g/mol. The van der Waals surface area contributed by atoms with Crippen LogP contribution in [0, 0.1) is 5.92 Å². The molecule has 1 heterocycles. The van der Waals surface area contributed by atoms with Gasteiger partial charge in [0.2, 0.25) is 10.0 Å². The van der Waals surface area contributed by atoms with Crippen LogP contribution >= 0.6 is 11.8 Å². The van der Waals surface area contributed by atoms with Gasteiger partial charge in [-0.2, -0.15) is 4.31 Å². The molecule has 1 unspecified atom stereocenters. The van der Waals surface area contributed by atoms with E-state index in [0.717, 1.165) is 35.8 Å². The quantitative estimate of drug-likeness (QED) is 0.327. The monoisotopic (exact) mass is 488 g/mol. The molecule has 1 saturated carbocycles. The minimum atomic E-state index is -3.80. The molecule has 2 aliphatic rings. The van der Waals surface area contributed by atoms with Crippen LogP contribution in [0.3, 0.4) is 0 Å². The summed E-state index contributed by atoms with van der Waals surface area (Å²) < 4.78 is 34.5. The summed E-state index contributed by atoms with van der Waals surface area (Å²) in [5, 5.41) is 8.87. The number of rotatable bonds is 8. The molecule has 0 spiro atoms. The second-order valence-corrected chi connectivity index (χ2v) is 11.2. The Morgan fingerprint density at radius 1 is 1.21 bits per heavy atom. The van der Waals surface area contributed by atoms with E-state index >= 15 is 0 Å². The van der Waals surface area contributed by atoms with E-state index in [-0.39, 0.29) is 10.9 Å². The number of thioether (sulfide) groups is 1. The van der Waals surface area contributed by atoms with Gasteiger partial charge >= 0.3 is 5.97 Å². The maximum Gasteiger partial charge on any atom is 0.331 e. The highest BCUT2D eigenvalue weighted by atomic mass is 32.2. The number of nitrogens with zero attached hydrogens (tertiary/aromatic N) is 2. The van der Waals surface area contributed by atoms with Crippen LogP contribution in [0.4, 0.5) is 11.4 Å². The fourth-order valence-corrected chi connectivity index (χ4v) is 6.20. The van der Waals surface area contributed by atoms with Crippen molar-refractivity contribution < 1.29 is 23.1 Å². The summed E-state index contributed by atoms with van der Waals surface area (Å²) >= 11 is 1.41. The smallest absolute Gasteiger partial charge is 0.331 e. The predicted molar refractivity (Wildman–Crippen MR) is 130 cm³/mol. The summed E-state index contributed by atoms with van der Waals surface area (Å²) in [4.78, 5) is 13.8. The lowest BCUT2D eigenvalue weighted by Crippen LogP contribution is -2.40. The van der Waals surface area contributed by atoms with Gasteiger partial charge < -0.3 is 14.7 Å². The molecule has 0 bridgehead atoms. The molecule has 33 heavy (non-hydrogen) atoms. The van der Waals surface area contributed by atoms with Crippen LogP contribution in [0.1, 0.15) is 25.7 Å². The standard InChI is InChI=1S/C24H28N2O5S2/c1-25-19(11-10-17-8-9-17)16-26(18-6-4-3-5-7-18)20-14-22(32-2)21(31-13-12-24(27)28)15-23(20)33(25,29)30/h3-7,12-15,17,19H,8-11,16H2,1-2H3,(H,27,28)/b13-12+. The summed E-state index contributed by atoms with van der Waals surface area (Å²) in [7, 11) is -2.15. The van der Waals surface area contributed by atoms with E-state index in [1.165, 1.54) is 35.0 Å². The summed E-state index contributed by atoms with van der Waals surface area (Å²) in [5.41, 5.74) is 1.52. The molecular formula is C24H28N2O5S2. The number of para-hydroxylation sites is 1. The number of likely N-dealkylation sites (N-methyl/N-ethyl adjacent to an activating group) is 1. The molecule has 7 nitrogen and oxygen atoms in total. The zero-order valence-electron chi connectivity index (χ0n) is 18.7. The maximum absolute atomic E-state index is 13.7. The molecule has 1 aliphatic heterocycles. The highest BCUT2D eigenvalue weighted by Gasteiger charge is 2.38. The lowest BCUT2D eigenvalue weighted by atomic mass is 10.1. The number of carboxylic acids is 1. The van der Waals surface area contributed by atoms with Crippen LogP contribution in [-0.2, 0) is 14.8 Å². The molecule has 2 aromatic carbocycles. The summed E-state index contributed by atoms with van der Waals surface area (Å²) in [5.74, 6) is -0.127. The topological polar surface area (TPSA) is 87.1 Å². The zero-order valence-corrected chi connectivity index (χ0v) is 20.3. The third kappa shape index (κ3) is 5.20. The molecule has 176 valence electrons. The van der Waals surface area contributed by atoms with E-state index in [1.807, 2.05) is 42.7 Å². The van der Waals surface area contributed by atoms with Gasteiger partial charge in [0.05, 0.1) is 22.9 Å². The van der Waals surface area contributed by atoms with Crippen molar-refractivity contribution in [2.24, 2.45) is 5.92 Å². The molecule has 9 heteroatoms. The molecule has 2 aromatic rings. The van der Waals surface area contributed by atoms with Crippen LogP contribution in [-0.4, -0.2) is 49.7 Å². The van der Waals surface area contributed by atoms with Crippen LogP contribution in [0.5, 0.6) is 5.75 Å². The van der Waals surface area contributed by atoms with Gasteiger partial charge in [-0.25, -0.2) is 13.2 Å². The van der Waals surface area contributed by atoms with Crippen LogP contribution in [0.2, 0.25) is 0 Å². The number of sulfonamides is 1. The van der Waals surface area contributed by atoms with Gasteiger partial charge in [0.25, 0.3) is 0 Å². The number of benzene rings is 2. The van der Waals surface area contributed by atoms with Crippen molar-refractivity contribution >= 4 is 39.1 Å². The lowest BCUT2D eigenvalue weighted by molar-refractivity contribution is -0.131. The van der Waals surface area contributed by atoms with Crippen molar-refractivity contribution in [3.8, 4) is 5.75 Å². The van der Waals surface area contributed by atoms with E-state index in [1.54, 1.807) is 7.05 Å². The Labute approximate surface area is 199 Å². The number of carbonyl (C=O) groups is 1. The first kappa shape index (κ1) is 23.7. The molecule has 0 radical (unpaired) electrons. The Balaban J connectivity index is 1.83. The van der Waals surface area contributed by atoms with E-state index in [2.05, 4.69) is 4.90 Å². The zero-order chi connectivity index (χ0) is 23.6. The third-order valence-electron chi connectivity index (χ3n) is 6.18. The largest absolute Gasteiger partial charge is 0.478 e. The highest BCUT2D eigenvalue weighted by molar-refractivity contribution is 7.98. The Bertz CT molecular complexity index is 1150.